The zero-order valence-electron chi connectivity index (χ0n) is 12.7. The minimum absolute atomic E-state index is 0.469. The number of nitrogens with zero attached hydrogens (tertiary/aromatic N) is 1. The molecule has 1 N–H and O–H groups in total. The first-order chi connectivity index (χ1) is 9.70. The third-order valence-corrected chi connectivity index (χ3v) is 4.97. The summed E-state index contributed by atoms with van der Waals surface area (Å²) in [6.07, 6.45) is 6.79. The lowest BCUT2D eigenvalue weighted by atomic mass is 10.0. The van der Waals surface area contributed by atoms with Crippen LogP contribution in [0.3, 0.4) is 0 Å². The highest BCUT2D eigenvalue weighted by atomic mass is 79.9. The first-order valence-electron chi connectivity index (χ1n) is 7.89. The third kappa shape index (κ3) is 4.57. The summed E-state index contributed by atoms with van der Waals surface area (Å²) in [7, 11) is 2.29. The number of hydrogen-bond acceptors (Lipinski definition) is 2. The van der Waals surface area contributed by atoms with Gasteiger partial charge in [-0.3, -0.25) is 0 Å². The van der Waals surface area contributed by atoms with Gasteiger partial charge in [-0.2, -0.15) is 0 Å². The lowest BCUT2D eigenvalue weighted by Crippen LogP contribution is -2.33. The second-order valence-electron chi connectivity index (χ2n) is 5.87. The summed E-state index contributed by atoms with van der Waals surface area (Å²) in [4.78, 5) is 2.57. The fourth-order valence-corrected chi connectivity index (χ4v) is 3.45. The van der Waals surface area contributed by atoms with Crippen molar-refractivity contribution in [3.63, 3.8) is 0 Å². The van der Waals surface area contributed by atoms with Crippen LogP contribution in [0.1, 0.15) is 50.6 Å². The minimum Gasteiger partial charge on any atom is -0.310 e. The van der Waals surface area contributed by atoms with Crippen LogP contribution in [0.25, 0.3) is 0 Å². The van der Waals surface area contributed by atoms with Gasteiger partial charge in [0, 0.05) is 16.6 Å². The van der Waals surface area contributed by atoms with E-state index in [0.29, 0.717) is 6.04 Å². The molecule has 1 aliphatic carbocycles. The Morgan fingerprint density at radius 3 is 2.50 bits per heavy atom. The predicted octanol–water partition coefficient (Wildman–Crippen LogP) is 4.36. The second-order valence-corrected chi connectivity index (χ2v) is 6.79. The summed E-state index contributed by atoms with van der Waals surface area (Å²) in [5.74, 6) is 0. The highest BCUT2D eigenvalue weighted by molar-refractivity contribution is 9.10. The van der Waals surface area contributed by atoms with Gasteiger partial charge >= 0.3 is 0 Å². The third-order valence-electron chi connectivity index (χ3n) is 4.44. The molecule has 0 aromatic heterocycles. The van der Waals surface area contributed by atoms with Crippen LogP contribution in [-0.2, 0) is 0 Å². The molecule has 0 bridgehead atoms. The van der Waals surface area contributed by atoms with Gasteiger partial charge in [0.15, 0.2) is 0 Å². The first kappa shape index (κ1) is 16.0. The van der Waals surface area contributed by atoms with Gasteiger partial charge < -0.3 is 10.2 Å². The summed E-state index contributed by atoms with van der Waals surface area (Å²) >= 11 is 3.51. The predicted molar refractivity (Wildman–Crippen MR) is 90.1 cm³/mol. The Kier molecular flexibility index (Phi) is 6.53. The minimum atomic E-state index is 0.469. The normalized spacial score (nSPS) is 17.8. The van der Waals surface area contributed by atoms with Gasteiger partial charge in [-0.25, -0.2) is 0 Å². The number of benzene rings is 1. The van der Waals surface area contributed by atoms with E-state index in [2.05, 4.69) is 64.4 Å². The Labute approximate surface area is 132 Å². The Hall–Kier alpha value is -0.380. The fraction of sp³-hybridized carbons (Fsp3) is 0.647. The zero-order valence-corrected chi connectivity index (χ0v) is 14.3. The largest absolute Gasteiger partial charge is 0.310 e. The van der Waals surface area contributed by atoms with E-state index in [-0.39, 0.29) is 0 Å². The molecule has 0 amide bonds. The molecule has 20 heavy (non-hydrogen) atoms. The van der Waals surface area contributed by atoms with Crippen molar-refractivity contribution in [1.29, 1.82) is 0 Å². The van der Waals surface area contributed by atoms with Crippen LogP contribution >= 0.6 is 15.9 Å². The lowest BCUT2D eigenvalue weighted by molar-refractivity contribution is 0.232. The monoisotopic (exact) mass is 338 g/mol. The molecule has 1 unspecified atom stereocenters. The summed E-state index contributed by atoms with van der Waals surface area (Å²) in [5, 5.41) is 3.62. The average molecular weight is 339 g/mol. The molecule has 1 aliphatic rings. The maximum Gasteiger partial charge on any atom is 0.0332 e. The van der Waals surface area contributed by atoms with Crippen molar-refractivity contribution < 1.29 is 0 Å². The van der Waals surface area contributed by atoms with Gasteiger partial charge in [-0.15, -0.1) is 0 Å². The van der Waals surface area contributed by atoms with Gasteiger partial charge in [-0.05, 0) is 57.1 Å². The molecular weight excluding hydrogens is 312 g/mol. The molecule has 1 saturated carbocycles. The Balaban J connectivity index is 1.89. The van der Waals surface area contributed by atoms with Crippen LogP contribution in [0, 0.1) is 0 Å². The van der Waals surface area contributed by atoms with Crippen LogP contribution in [-0.4, -0.2) is 31.1 Å². The molecule has 0 spiro atoms. The average Bonchev–Trinajstić information content (AvgIpc) is 2.98. The summed E-state index contributed by atoms with van der Waals surface area (Å²) < 4.78 is 1.15. The molecule has 0 saturated heterocycles. The van der Waals surface area contributed by atoms with E-state index in [4.69, 9.17) is 0 Å². The summed E-state index contributed by atoms with van der Waals surface area (Å²) in [6, 6.07) is 10.0. The van der Waals surface area contributed by atoms with Crippen LogP contribution in [0.5, 0.6) is 0 Å². The van der Waals surface area contributed by atoms with Gasteiger partial charge in [0.25, 0.3) is 0 Å². The van der Waals surface area contributed by atoms with E-state index >= 15 is 0 Å². The molecule has 2 nitrogen and oxygen atoms in total. The van der Waals surface area contributed by atoms with E-state index in [1.807, 2.05) is 0 Å². The highest BCUT2D eigenvalue weighted by Crippen LogP contribution is 2.24. The maximum absolute atomic E-state index is 3.62. The maximum atomic E-state index is 3.62. The zero-order chi connectivity index (χ0) is 14.4. The number of nitrogens with one attached hydrogen (secondary N) is 1. The topological polar surface area (TPSA) is 15.3 Å². The van der Waals surface area contributed by atoms with Gasteiger partial charge in [0.05, 0.1) is 0 Å². The van der Waals surface area contributed by atoms with Gasteiger partial charge in [-0.1, -0.05) is 47.8 Å². The number of rotatable bonds is 7. The SMILES string of the molecule is CCNC(CCN(C)C1CCCC1)c1ccc(Br)cc1. The molecule has 0 aliphatic heterocycles. The van der Waals surface area contributed by atoms with E-state index in [1.54, 1.807) is 0 Å². The molecule has 112 valence electrons. The van der Waals surface area contributed by atoms with Crippen molar-refractivity contribution in [2.45, 2.75) is 51.1 Å². The van der Waals surface area contributed by atoms with Crippen LogP contribution in [0.2, 0.25) is 0 Å². The summed E-state index contributed by atoms with van der Waals surface area (Å²) in [5.41, 5.74) is 1.40. The quantitative estimate of drug-likeness (QED) is 0.794. The Morgan fingerprint density at radius 2 is 1.90 bits per heavy atom. The van der Waals surface area contributed by atoms with Crippen molar-refractivity contribution >= 4 is 15.9 Å². The smallest absolute Gasteiger partial charge is 0.0332 e. The lowest BCUT2D eigenvalue weighted by Gasteiger charge is -2.27. The molecule has 1 atom stereocenters. The molecule has 1 fully saturated rings. The van der Waals surface area contributed by atoms with Gasteiger partial charge in [0.1, 0.15) is 0 Å². The van der Waals surface area contributed by atoms with Crippen LogP contribution in [0.15, 0.2) is 28.7 Å². The first-order valence-corrected chi connectivity index (χ1v) is 8.69. The van der Waals surface area contributed by atoms with Gasteiger partial charge in [0.2, 0.25) is 0 Å². The molecular formula is C17H27BrN2. The van der Waals surface area contributed by atoms with Crippen molar-refractivity contribution in [2.75, 3.05) is 20.1 Å². The van der Waals surface area contributed by atoms with Crippen molar-refractivity contribution in [3.05, 3.63) is 34.3 Å². The Morgan fingerprint density at radius 1 is 1.25 bits per heavy atom. The molecule has 1 aromatic rings. The van der Waals surface area contributed by atoms with Crippen molar-refractivity contribution in [3.8, 4) is 0 Å². The molecule has 0 heterocycles. The fourth-order valence-electron chi connectivity index (χ4n) is 3.19. The number of halogens is 1. The Bertz CT molecular complexity index is 384. The molecule has 3 heteroatoms. The number of hydrogen-bond donors (Lipinski definition) is 1. The van der Waals surface area contributed by atoms with E-state index in [1.165, 1.54) is 44.2 Å². The molecule has 1 aromatic carbocycles. The molecule has 2 rings (SSSR count). The van der Waals surface area contributed by atoms with Crippen LogP contribution < -0.4 is 5.32 Å². The highest BCUT2D eigenvalue weighted by Gasteiger charge is 2.20. The summed E-state index contributed by atoms with van der Waals surface area (Å²) in [6.45, 7) is 4.39. The van der Waals surface area contributed by atoms with Crippen molar-refractivity contribution in [1.82, 2.24) is 10.2 Å². The van der Waals surface area contributed by atoms with Crippen molar-refractivity contribution in [2.24, 2.45) is 0 Å². The molecule has 0 radical (unpaired) electrons. The van der Waals surface area contributed by atoms with E-state index < -0.39 is 0 Å². The van der Waals surface area contributed by atoms with Crippen LogP contribution in [0.4, 0.5) is 0 Å². The van der Waals surface area contributed by atoms with E-state index in [9.17, 15) is 0 Å². The second kappa shape index (κ2) is 8.16. The standard InChI is InChI=1S/C17H27BrN2/c1-3-19-17(14-8-10-15(18)11-9-14)12-13-20(2)16-6-4-5-7-16/h8-11,16-17,19H,3-7,12-13H2,1-2H3. The van der Waals surface area contributed by atoms with E-state index in [0.717, 1.165) is 17.1 Å².